The fourth-order valence-corrected chi connectivity index (χ4v) is 2.14. The molecule has 1 heterocycles. The molecule has 0 saturated heterocycles. The first-order valence-corrected chi connectivity index (χ1v) is 6.70. The van der Waals surface area contributed by atoms with E-state index < -0.39 is 0 Å². The summed E-state index contributed by atoms with van der Waals surface area (Å²) in [5.74, 6) is -0.355. The number of hydrogen-bond donors (Lipinski definition) is 2. The molecule has 1 aromatic heterocycles. The number of aromatic nitrogens is 1. The normalized spacial score (nSPS) is 10.4. The van der Waals surface area contributed by atoms with Crippen molar-refractivity contribution in [1.82, 2.24) is 4.98 Å². The molecule has 1 amide bonds. The molecule has 18 heavy (non-hydrogen) atoms. The molecule has 0 radical (unpaired) electrons. The minimum Gasteiger partial charge on any atom is -0.340 e. The van der Waals surface area contributed by atoms with Crippen molar-refractivity contribution in [1.29, 1.82) is 0 Å². The van der Waals surface area contributed by atoms with Crippen molar-refractivity contribution in [2.45, 2.75) is 0 Å². The number of halogens is 4. The third kappa shape index (κ3) is 3.01. The van der Waals surface area contributed by atoms with Gasteiger partial charge in [-0.3, -0.25) is 4.79 Å². The van der Waals surface area contributed by atoms with Crippen LogP contribution in [-0.2, 0) is 0 Å². The van der Waals surface area contributed by atoms with E-state index in [4.69, 9.17) is 34.8 Å². The number of aromatic amines is 1. The number of nitrogens with one attached hydrogen (secondary N) is 2. The summed E-state index contributed by atoms with van der Waals surface area (Å²) in [6, 6.07) is 6.55. The Labute approximate surface area is 127 Å². The van der Waals surface area contributed by atoms with Gasteiger partial charge in [-0.1, -0.05) is 34.8 Å². The highest BCUT2D eigenvalue weighted by molar-refractivity contribution is 9.10. The lowest BCUT2D eigenvalue weighted by molar-refractivity contribution is 0.102. The molecule has 2 aromatic rings. The molecule has 7 heteroatoms. The number of benzene rings is 1. The van der Waals surface area contributed by atoms with E-state index in [-0.39, 0.29) is 16.8 Å². The molecule has 2 rings (SSSR count). The SMILES string of the molecule is O=C(Nc1cc(Cl)ccc1Br)c1cc(Cl)c(Cl)[nH]1. The second kappa shape index (κ2) is 5.53. The number of anilines is 1. The second-order valence-electron chi connectivity index (χ2n) is 3.42. The van der Waals surface area contributed by atoms with Crippen molar-refractivity contribution in [2.24, 2.45) is 0 Å². The largest absolute Gasteiger partial charge is 0.340 e. The molecule has 0 aliphatic heterocycles. The van der Waals surface area contributed by atoms with E-state index in [2.05, 4.69) is 26.2 Å². The first-order chi connectivity index (χ1) is 8.47. The Morgan fingerprint density at radius 3 is 2.56 bits per heavy atom. The monoisotopic (exact) mass is 366 g/mol. The molecule has 0 spiro atoms. The molecule has 3 nitrogen and oxygen atoms in total. The van der Waals surface area contributed by atoms with Gasteiger partial charge in [-0.2, -0.15) is 0 Å². The third-order valence-electron chi connectivity index (χ3n) is 2.15. The van der Waals surface area contributed by atoms with E-state index in [0.717, 1.165) is 4.47 Å². The number of rotatable bonds is 2. The Balaban J connectivity index is 2.23. The van der Waals surface area contributed by atoms with Gasteiger partial charge in [0, 0.05) is 9.50 Å². The van der Waals surface area contributed by atoms with Gasteiger partial charge in [-0.15, -0.1) is 0 Å². The molecule has 0 aliphatic carbocycles. The Hall–Kier alpha value is -0.680. The Morgan fingerprint density at radius 2 is 1.94 bits per heavy atom. The first kappa shape index (κ1) is 13.7. The average Bonchev–Trinajstić information content (AvgIpc) is 2.64. The Bertz CT molecular complexity index is 593. The van der Waals surface area contributed by atoms with Crippen molar-refractivity contribution in [3.8, 4) is 0 Å². The highest BCUT2D eigenvalue weighted by Gasteiger charge is 2.13. The maximum absolute atomic E-state index is 11.9. The van der Waals surface area contributed by atoms with Crippen LogP contribution in [0.3, 0.4) is 0 Å². The van der Waals surface area contributed by atoms with Crippen LogP contribution in [-0.4, -0.2) is 10.9 Å². The van der Waals surface area contributed by atoms with Crippen molar-refractivity contribution in [2.75, 3.05) is 5.32 Å². The van der Waals surface area contributed by atoms with Gasteiger partial charge >= 0.3 is 0 Å². The van der Waals surface area contributed by atoms with Gasteiger partial charge in [0.1, 0.15) is 10.8 Å². The zero-order valence-corrected chi connectivity index (χ0v) is 12.6. The summed E-state index contributed by atoms with van der Waals surface area (Å²) in [6.45, 7) is 0. The van der Waals surface area contributed by atoms with Gasteiger partial charge in [0.05, 0.1) is 10.7 Å². The molecule has 0 fully saturated rings. The smallest absolute Gasteiger partial charge is 0.272 e. The summed E-state index contributed by atoms with van der Waals surface area (Å²) in [7, 11) is 0. The fourth-order valence-electron chi connectivity index (χ4n) is 1.31. The van der Waals surface area contributed by atoms with Crippen LogP contribution in [0.1, 0.15) is 10.5 Å². The summed E-state index contributed by atoms with van der Waals surface area (Å²) >= 11 is 20.7. The van der Waals surface area contributed by atoms with Crippen LogP contribution < -0.4 is 5.32 Å². The molecule has 0 atom stereocenters. The van der Waals surface area contributed by atoms with Gasteiger partial charge in [0.25, 0.3) is 5.91 Å². The molecule has 0 aliphatic rings. The van der Waals surface area contributed by atoms with Gasteiger partial charge in [0.15, 0.2) is 0 Å². The van der Waals surface area contributed by atoms with Crippen LogP contribution in [0.5, 0.6) is 0 Å². The first-order valence-electron chi connectivity index (χ1n) is 4.78. The van der Waals surface area contributed by atoms with Crippen LogP contribution in [0.2, 0.25) is 15.2 Å². The van der Waals surface area contributed by atoms with E-state index >= 15 is 0 Å². The summed E-state index contributed by atoms with van der Waals surface area (Å²) in [5, 5.41) is 3.74. The Kier molecular flexibility index (Phi) is 4.22. The van der Waals surface area contributed by atoms with Gasteiger partial charge < -0.3 is 10.3 Å². The minimum absolute atomic E-state index is 0.229. The molecular formula is C11H6BrCl3N2O. The predicted molar refractivity (Wildman–Crippen MR) is 77.9 cm³/mol. The van der Waals surface area contributed by atoms with Crippen molar-refractivity contribution in [3.05, 3.63) is 49.6 Å². The highest BCUT2D eigenvalue weighted by Crippen LogP contribution is 2.27. The predicted octanol–water partition coefficient (Wildman–Crippen LogP) is 4.99. The van der Waals surface area contributed by atoms with Crippen LogP contribution >= 0.6 is 50.7 Å². The van der Waals surface area contributed by atoms with Crippen molar-refractivity contribution < 1.29 is 4.79 Å². The van der Waals surface area contributed by atoms with E-state index in [0.29, 0.717) is 15.7 Å². The Morgan fingerprint density at radius 1 is 1.22 bits per heavy atom. The third-order valence-corrected chi connectivity index (χ3v) is 3.77. The lowest BCUT2D eigenvalue weighted by Crippen LogP contribution is -2.12. The number of carbonyl (C=O) groups excluding carboxylic acids is 1. The molecule has 2 N–H and O–H groups in total. The number of carbonyl (C=O) groups is 1. The molecule has 1 aromatic carbocycles. The van der Waals surface area contributed by atoms with Gasteiger partial charge in [0.2, 0.25) is 0 Å². The van der Waals surface area contributed by atoms with Crippen LogP contribution in [0, 0.1) is 0 Å². The maximum atomic E-state index is 11.9. The van der Waals surface area contributed by atoms with E-state index in [1.807, 2.05) is 0 Å². The van der Waals surface area contributed by atoms with E-state index in [1.165, 1.54) is 6.07 Å². The number of hydrogen-bond acceptors (Lipinski definition) is 1. The molecule has 0 saturated carbocycles. The van der Waals surface area contributed by atoms with Gasteiger partial charge in [-0.25, -0.2) is 0 Å². The average molecular weight is 368 g/mol. The molecule has 94 valence electrons. The lowest BCUT2D eigenvalue weighted by Gasteiger charge is -2.06. The maximum Gasteiger partial charge on any atom is 0.272 e. The number of amides is 1. The van der Waals surface area contributed by atoms with E-state index in [1.54, 1.807) is 18.2 Å². The van der Waals surface area contributed by atoms with Crippen LogP contribution in [0.4, 0.5) is 5.69 Å². The zero-order valence-electron chi connectivity index (χ0n) is 8.73. The van der Waals surface area contributed by atoms with Gasteiger partial charge in [-0.05, 0) is 40.2 Å². The quantitative estimate of drug-likeness (QED) is 0.771. The summed E-state index contributed by atoms with van der Waals surface area (Å²) in [5.41, 5.74) is 0.839. The van der Waals surface area contributed by atoms with E-state index in [9.17, 15) is 4.79 Å². The minimum atomic E-state index is -0.355. The summed E-state index contributed by atoms with van der Waals surface area (Å²) < 4.78 is 0.726. The second-order valence-corrected chi connectivity index (χ2v) is 5.50. The number of H-pyrrole nitrogens is 1. The lowest BCUT2D eigenvalue weighted by atomic mass is 10.3. The molecular weight excluding hydrogens is 362 g/mol. The fraction of sp³-hybridized carbons (Fsp3) is 0. The topological polar surface area (TPSA) is 44.9 Å². The van der Waals surface area contributed by atoms with Crippen molar-refractivity contribution >= 4 is 62.3 Å². The van der Waals surface area contributed by atoms with Crippen LogP contribution in [0.25, 0.3) is 0 Å². The standard InChI is InChI=1S/C11H6BrCl3N2O/c12-6-2-1-5(13)3-8(6)17-11(18)9-4-7(14)10(15)16-9/h1-4,16H,(H,17,18). The van der Waals surface area contributed by atoms with Crippen LogP contribution in [0.15, 0.2) is 28.7 Å². The summed E-state index contributed by atoms with van der Waals surface area (Å²) in [4.78, 5) is 14.6. The summed E-state index contributed by atoms with van der Waals surface area (Å²) in [6.07, 6.45) is 0. The highest BCUT2D eigenvalue weighted by atomic mass is 79.9. The molecule has 0 bridgehead atoms. The molecule has 0 unspecified atom stereocenters. The zero-order chi connectivity index (χ0) is 13.3. The van der Waals surface area contributed by atoms with Crippen molar-refractivity contribution in [3.63, 3.8) is 0 Å².